The fourth-order valence-electron chi connectivity index (χ4n) is 2.29. The second-order valence-corrected chi connectivity index (χ2v) is 4.93. The number of amides is 1. The Morgan fingerprint density at radius 2 is 1.90 bits per heavy atom. The lowest BCUT2D eigenvalue weighted by Crippen LogP contribution is -2.49. The maximum atomic E-state index is 11.8. The van der Waals surface area contributed by atoms with Crippen LogP contribution >= 0.6 is 0 Å². The quantitative estimate of drug-likeness (QED) is 0.927. The molecule has 21 heavy (non-hydrogen) atoms. The highest BCUT2D eigenvalue weighted by Crippen LogP contribution is 2.20. The van der Waals surface area contributed by atoms with Crippen molar-refractivity contribution in [2.24, 2.45) is 0 Å². The molecule has 0 aromatic heterocycles. The Balaban J connectivity index is 1.54. The van der Waals surface area contributed by atoms with E-state index in [0.29, 0.717) is 32.1 Å². The van der Waals surface area contributed by atoms with E-state index in [1.807, 2.05) is 47.5 Å². The molecule has 2 aromatic carbocycles. The molecule has 0 saturated carbocycles. The number of ether oxygens (including phenoxy) is 2. The maximum absolute atomic E-state index is 11.8. The van der Waals surface area contributed by atoms with E-state index in [-0.39, 0.29) is 12.5 Å². The SMILES string of the molecule is O=C(COc1ccc2ccccc2c1)NN1CCOCC1. The molecule has 1 N–H and O–H groups in total. The van der Waals surface area contributed by atoms with E-state index < -0.39 is 0 Å². The molecule has 1 saturated heterocycles. The molecule has 1 aliphatic heterocycles. The first kappa shape index (κ1) is 13.9. The van der Waals surface area contributed by atoms with Gasteiger partial charge in [0, 0.05) is 13.1 Å². The van der Waals surface area contributed by atoms with Gasteiger partial charge in [0.2, 0.25) is 0 Å². The molecule has 1 fully saturated rings. The third-order valence-corrected chi connectivity index (χ3v) is 3.38. The zero-order valence-electron chi connectivity index (χ0n) is 11.7. The molecule has 3 rings (SSSR count). The number of hydrogen-bond acceptors (Lipinski definition) is 4. The average Bonchev–Trinajstić information content (AvgIpc) is 2.54. The van der Waals surface area contributed by atoms with Crippen molar-refractivity contribution in [1.29, 1.82) is 0 Å². The lowest BCUT2D eigenvalue weighted by Gasteiger charge is -2.26. The minimum absolute atomic E-state index is 0.00962. The maximum Gasteiger partial charge on any atom is 0.272 e. The summed E-state index contributed by atoms with van der Waals surface area (Å²) in [5, 5.41) is 4.11. The zero-order valence-corrected chi connectivity index (χ0v) is 11.7. The Morgan fingerprint density at radius 3 is 2.71 bits per heavy atom. The third kappa shape index (κ3) is 3.71. The predicted octanol–water partition coefficient (Wildman–Crippen LogP) is 1.58. The number of hydrazine groups is 1. The van der Waals surface area contributed by atoms with Gasteiger partial charge in [0.25, 0.3) is 5.91 Å². The first-order valence-electron chi connectivity index (χ1n) is 7.05. The van der Waals surface area contributed by atoms with Gasteiger partial charge in [-0.05, 0) is 22.9 Å². The Labute approximate surface area is 123 Å². The number of carbonyl (C=O) groups excluding carboxylic acids is 1. The monoisotopic (exact) mass is 286 g/mol. The van der Waals surface area contributed by atoms with E-state index in [1.54, 1.807) is 0 Å². The van der Waals surface area contributed by atoms with Crippen molar-refractivity contribution in [2.45, 2.75) is 0 Å². The van der Waals surface area contributed by atoms with Crippen molar-refractivity contribution in [3.05, 3.63) is 42.5 Å². The summed E-state index contributed by atoms with van der Waals surface area (Å²) in [5.41, 5.74) is 2.82. The molecular formula is C16H18N2O3. The summed E-state index contributed by atoms with van der Waals surface area (Å²) in [4.78, 5) is 11.8. The van der Waals surface area contributed by atoms with Crippen LogP contribution in [0.1, 0.15) is 0 Å². The number of benzene rings is 2. The van der Waals surface area contributed by atoms with Crippen molar-refractivity contribution in [3.8, 4) is 5.75 Å². The van der Waals surface area contributed by atoms with Crippen LogP contribution in [-0.2, 0) is 9.53 Å². The summed E-state index contributed by atoms with van der Waals surface area (Å²) in [6, 6.07) is 13.9. The Morgan fingerprint density at radius 1 is 1.14 bits per heavy atom. The van der Waals surface area contributed by atoms with Crippen molar-refractivity contribution in [3.63, 3.8) is 0 Å². The van der Waals surface area contributed by atoms with E-state index >= 15 is 0 Å². The Bertz CT molecular complexity index is 624. The molecule has 0 radical (unpaired) electrons. The standard InChI is InChI=1S/C16H18N2O3/c19-16(17-18-7-9-20-10-8-18)12-21-15-6-5-13-3-1-2-4-14(13)11-15/h1-6,11H,7-10,12H2,(H,17,19). The van der Waals surface area contributed by atoms with E-state index in [9.17, 15) is 4.79 Å². The molecule has 1 amide bonds. The fourth-order valence-corrected chi connectivity index (χ4v) is 2.29. The summed E-state index contributed by atoms with van der Waals surface area (Å²) >= 11 is 0. The van der Waals surface area contributed by atoms with Gasteiger partial charge in [-0.25, -0.2) is 5.01 Å². The number of nitrogens with zero attached hydrogens (tertiary/aromatic N) is 1. The first-order valence-corrected chi connectivity index (χ1v) is 7.05. The molecule has 2 aromatic rings. The van der Waals surface area contributed by atoms with Crippen molar-refractivity contribution >= 4 is 16.7 Å². The summed E-state index contributed by atoms with van der Waals surface area (Å²) in [7, 11) is 0. The minimum atomic E-state index is -0.148. The lowest BCUT2D eigenvalue weighted by atomic mass is 10.1. The molecule has 5 heteroatoms. The molecule has 0 bridgehead atoms. The number of fused-ring (bicyclic) bond motifs is 1. The highest BCUT2D eigenvalue weighted by Gasteiger charge is 2.13. The largest absolute Gasteiger partial charge is 0.484 e. The number of nitrogens with one attached hydrogen (secondary N) is 1. The van der Waals surface area contributed by atoms with Gasteiger partial charge in [-0.15, -0.1) is 0 Å². The lowest BCUT2D eigenvalue weighted by molar-refractivity contribution is -0.130. The van der Waals surface area contributed by atoms with Crippen molar-refractivity contribution in [2.75, 3.05) is 32.9 Å². The minimum Gasteiger partial charge on any atom is -0.484 e. The predicted molar refractivity (Wildman–Crippen MR) is 80.0 cm³/mol. The van der Waals surface area contributed by atoms with Gasteiger partial charge in [0.05, 0.1) is 13.2 Å². The molecule has 1 aliphatic rings. The van der Waals surface area contributed by atoms with Gasteiger partial charge in [-0.3, -0.25) is 10.2 Å². The fraction of sp³-hybridized carbons (Fsp3) is 0.312. The van der Waals surface area contributed by atoms with Gasteiger partial charge in [0.15, 0.2) is 6.61 Å². The summed E-state index contributed by atoms with van der Waals surface area (Å²) in [6.07, 6.45) is 0. The van der Waals surface area contributed by atoms with Crippen LogP contribution < -0.4 is 10.2 Å². The van der Waals surface area contributed by atoms with Gasteiger partial charge < -0.3 is 9.47 Å². The number of rotatable bonds is 4. The van der Waals surface area contributed by atoms with Crippen molar-refractivity contribution < 1.29 is 14.3 Å². The molecule has 5 nitrogen and oxygen atoms in total. The highest BCUT2D eigenvalue weighted by atomic mass is 16.5. The van der Waals surface area contributed by atoms with Crippen molar-refractivity contribution in [1.82, 2.24) is 10.4 Å². The van der Waals surface area contributed by atoms with Gasteiger partial charge >= 0.3 is 0 Å². The van der Waals surface area contributed by atoms with Gasteiger partial charge in [-0.2, -0.15) is 0 Å². The first-order chi connectivity index (χ1) is 10.3. The molecular weight excluding hydrogens is 268 g/mol. The van der Waals surface area contributed by atoms with E-state index in [4.69, 9.17) is 9.47 Å². The van der Waals surface area contributed by atoms with Crippen LogP contribution in [0.15, 0.2) is 42.5 Å². The average molecular weight is 286 g/mol. The van der Waals surface area contributed by atoms with Gasteiger partial charge in [-0.1, -0.05) is 30.3 Å². The Kier molecular flexibility index (Phi) is 4.33. The van der Waals surface area contributed by atoms with Crippen LogP contribution in [-0.4, -0.2) is 43.8 Å². The zero-order chi connectivity index (χ0) is 14.5. The second-order valence-electron chi connectivity index (χ2n) is 4.93. The normalized spacial score (nSPS) is 15.8. The number of morpholine rings is 1. The molecule has 0 atom stereocenters. The van der Waals surface area contributed by atoms with Crippen LogP contribution in [0, 0.1) is 0 Å². The highest BCUT2D eigenvalue weighted by molar-refractivity contribution is 5.84. The van der Waals surface area contributed by atoms with Crippen LogP contribution in [0.2, 0.25) is 0 Å². The van der Waals surface area contributed by atoms with Crippen LogP contribution in [0.25, 0.3) is 10.8 Å². The summed E-state index contributed by atoms with van der Waals surface area (Å²) < 4.78 is 10.8. The Hall–Kier alpha value is -2.11. The summed E-state index contributed by atoms with van der Waals surface area (Å²) in [6.45, 7) is 2.72. The van der Waals surface area contributed by atoms with Crippen LogP contribution in [0.3, 0.4) is 0 Å². The number of carbonyl (C=O) groups is 1. The topological polar surface area (TPSA) is 50.8 Å². The van der Waals surface area contributed by atoms with Crippen LogP contribution in [0.5, 0.6) is 5.75 Å². The smallest absolute Gasteiger partial charge is 0.272 e. The summed E-state index contributed by atoms with van der Waals surface area (Å²) in [5.74, 6) is 0.552. The van der Waals surface area contributed by atoms with E-state index in [1.165, 1.54) is 0 Å². The third-order valence-electron chi connectivity index (χ3n) is 3.38. The molecule has 0 aliphatic carbocycles. The second kappa shape index (κ2) is 6.56. The van der Waals surface area contributed by atoms with E-state index in [0.717, 1.165) is 10.8 Å². The molecule has 110 valence electrons. The molecule has 1 heterocycles. The molecule has 0 spiro atoms. The number of hydrogen-bond donors (Lipinski definition) is 1. The van der Waals surface area contributed by atoms with Gasteiger partial charge in [0.1, 0.15) is 5.75 Å². The van der Waals surface area contributed by atoms with E-state index in [2.05, 4.69) is 5.43 Å². The van der Waals surface area contributed by atoms with Crippen LogP contribution in [0.4, 0.5) is 0 Å². The molecule has 0 unspecified atom stereocenters.